The van der Waals surface area contributed by atoms with Gasteiger partial charge in [-0.25, -0.2) is 4.98 Å². The van der Waals surface area contributed by atoms with Crippen LogP contribution in [0.25, 0.3) is 11.4 Å². The third-order valence-electron chi connectivity index (χ3n) is 3.13. The number of nitrogens with two attached hydrogens (primary N) is 1. The van der Waals surface area contributed by atoms with E-state index in [1.807, 2.05) is 17.8 Å². The Morgan fingerprint density at radius 1 is 1.17 bits per heavy atom. The van der Waals surface area contributed by atoms with E-state index < -0.39 is 4.92 Å². The van der Waals surface area contributed by atoms with E-state index in [9.17, 15) is 10.1 Å². The van der Waals surface area contributed by atoms with E-state index in [1.54, 1.807) is 24.7 Å². The van der Waals surface area contributed by atoms with Crippen molar-refractivity contribution in [3.8, 4) is 22.9 Å². The number of anilines is 1. The number of benzene rings is 1. The number of nitro benzene ring substituents is 1. The van der Waals surface area contributed by atoms with Gasteiger partial charge >= 0.3 is 0 Å². The van der Waals surface area contributed by atoms with Crippen molar-refractivity contribution in [1.82, 2.24) is 14.5 Å². The van der Waals surface area contributed by atoms with Crippen molar-refractivity contribution in [3.05, 3.63) is 59.2 Å². The Morgan fingerprint density at radius 3 is 2.61 bits per heavy atom. The van der Waals surface area contributed by atoms with Crippen LogP contribution in [0, 0.1) is 10.1 Å². The summed E-state index contributed by atoms with van der Waals surface area (Å²) in [5.74, 6) is 0.945. The molecule has 23 heavy (non-hydrogen) atoms. The summed E-state index contributed by atoms with van der Waals surface area (Å²) in [4.78, 5) is 18.7. The number of hydrogen-bond acceptors (Lipinski definition) is 6. The number of nitrogen functional groups attached to an aromatic ring is 1. The van der Waals surface area contributed by atoms with Gasteiger partial charge in [0.2, 0.25) is 0 Å². The number of ether oxygens (including phenoxy) is 1. The molecule has 0 aliphatic heterocycles. The second-order valence-corrected chi connectivity index (χ2v) is 4.88. The summed E-state index contributed by atoms with van der Waals surface area (Å²) in [7, 11) is 1.87. The van der Waals surface area contributed by atoms with Gasteiger partial charge in [0, 0.05) is 37.6 Å². The van der Waals surface area contributed by atoms with E-state index in [0.717, 1.165) is 5.69 Å². The molecular formula is C15H13N5O3. The molecule has 0 amide bonds. The van der Waals surface area contributed by atoms with Gasteiger partial charge in [0.15, 0.2) is 0 Å². The zero-order valence-electron chi connectivity index (χ0n) is 12.2. The fourth-order valence-electron chi connectivity index (χ4n) is 2.06. The van der Waals surface area contributed by atoms with Crippen LogP contribution in [0.2, 0.25) is 0 Å². The fraction of sp³-hybridized carbons (Fsp3) is 0.0667. The number of hydrogen-bond donors (Lipinski definition) is 1. The quantitative estimate of drug-likeness (QED) is 0.451. The second-order valence-electron chi connectivity index (χ2n) is 4.88. The molecule has 0 radical (unpaired) electrons. The Kier molecular flexibility index (Phi) is 3.63. The van der Waals surface area contributed by atoms with Gasteiger partial charge in [-0.05, 0) is 12.1 Å². The van der Waals surface area contributed by atoms with Gasteiger partial charge in [0.05, 0.1) is 16.9 Å². The van der Waals surface area contributed by atoms with Crippen LogP contribution < -0.4 is 10.5 Å². The molecule has 3 rings (SSSR count). The number of aromatic nitrogens is 3. The number of pyridine rings is 1. The van der Waals surface area contributed by atoms with Crippen molar-refractivity contribution in [2.75, 3.05) is 5.73 Å². The highest BCUT2D eigenvalue weighted by Crippen LogP contribution is 2.30. The average molecular weight is 311 g/mol. The van der Waals surface area contributed by atoms with Crippen molar-refractivity contribution >= 4 is 11.4 Å². The first kappa shape index (κ1) is 14.5. The highest BCUT2D eigenvalue weighted by molar-refractivity contribution is 5.61. The molecule has 0 saturated carbocycles. The van der Waals surface area contributed by atoms with Crippen LogP contribution in [-0.2, 0) is 7.05 Å². The first-order valence-electron chi connectivity index (χ1n) is 6.69. The summed E-state index contributed by atoms with van der Waals surface area (Å²) < 4.78 is 7.51. The third kappa shape index (κ3) is 3.10. The normalized spacial score (nSPS) is 10.5. The van der Waals surface area contributed by atoms with Crippen molar-refractivity contribution in [2.24, 2.45) is 7.05 Å². The number of nitrogens with zero attached hydrogens (tertiary/aromatic N) is 4. The number of aryl methyl sites for hydroxylation is 1. The molecule has 0 spiro atoms. The molecule has 0 saturated heterocycles. The number of nitro groups is 1. The third-order valence-corrected chi connectivity index (χ3v) is 3.13. The van der Waals surface area contributed by atoms with Crippen LogP contribution in [0.3, 0.4) is 0 Å². The van der Waals surface area contributed by atoms with Gasteiger partial charge in [0.25, 0.3) is 5.69 Å². The zero-order chi connectivity index (χ0) is 16.4. The Hall–Kier alpha value is -3.42. The van der Waals surface area contributed by atoms with Crippen LogP contribution in [0.15, 0.2) is 49.1 Å². The van der Waals surface area contributed by atoms with Crippen LogP contribution >= 0.6 is 0 Å². The Labute approximate surface area is 131 Å². The van der Waals surface area contributed by atoms with Crippen LogP contribution in [0.5, 0.6) is 11.5 Å². The second kappa shape index (κ2) is 5.76. The Balaban J connectivity index is 1.86. The lowest BCUT2D eigenvalue weighted by molar-refractivity contribution is -0.383. The van der Waals surface area contributed by atoms with E-state index in [0.29, 0.717) is 17.2 Å². The summed E-state index contributed by atoms with van der Waals surface area (Å²) in [6.07, 6.45) is 5.13. The maximum absolute atomic E-state index is 10.8. The molecule has 0 aliphatic carbocycles. The van der Waals surface area contributed by atoms with Crippen LogP contribution in [0.1, 0.15) is 0 Å². The minimum absolute atomic E-state index is 0.0477. The largest absolute Gasteiger partial charge is 0.457 e. The monoisotopic (exact) mass is 311 g/mol. The molecule has 2 N–H and O–H groups in total. The topological polar surface area (TPSA) is 109 Å². The molecule has 0 aliphatic rings. The van der Waals surface area contributed by atoms with Gasteiger partial charge < -0.3 is 15.0 Å². The molecule has 0 unspecified atom stereocenters. The molecule has 116 valence electrons. The minimum atomic E-state index is -0.537. The average Bonchev–Trinajstić information content (AvgIpc) is 2.94. The lowest BCUT2D eigenvalue weighted by atomic mass is 10.2. The molecule has 0 bridgehead atoms. The summed E-state index contributed by atoms with van der Waals surface area (Å²) in [6, 6.07) is 7.64. The lowest BCUT2D eigenvalue weighted by Crippen LogP contribution is -1.96. The number of rotatable bonds is 4. The summed E-state index contributed by atoms with van der Waals surface area (Å²) >= 11 is 0. The van der Waals surface area contributed by atoms with Crippen molar-refractivity contribution in [2.45, 2.75) is 0 Å². The molecule has 8 heteroatoms. The predicted molar refractivity (Wildman–Crippen MR) is 84.0 cm³/mol. The SMILES string of the molecule is Cn1cnc(-c2cc(Oc3ccc([N+](=O)[O-])c(N)c3)ccn2)c1. The summed E-state index contributed by atoms with van der Waals surface area (Å²) in [5.41, 5.74) is 6.94. The van der Waals surface area contributed by atoms with Crippen LogP contribution in [-0.4, -0.2) is 19.5 Å². The van der Waals surface area contributed by atoms with E-state index in [4.69, 9.17) is 10.5 Å². The minimum Gasteiger partial charge on any atom is -0.457 e. The highest BCUT2D eigenvalue weighted by Gasteiger charge is 2.12. The molecule has 0 fully saturated rings. The smallest absolute Gasteiger partial charge is 0.292 e. The molecule has 2 aromatic heterocycles. The zero-order valence-corrected chi connectivity index (χ0v) is 12.2. The van der Waals surface area contributed by atoms with E-state index in [-0.39, 0.29) is 11.4 Å². The molecule has 0 atom stereocenters. The van der Waals surface area contributed by atoms with E-state index in [1.165, 1.54) is 18.2 Å². The van der Waals surface area contributed by atoms with Crippen molar-refractivity contribution in [3.63, 3.8) is 0 Å². The van der Waals surface area contributed by atoms with Gasteiger partial charge in [-0.3, -0.25) is 15.1 Å². The van der Waals surface area contributed by atoms with Crippen molar-refractivity contribution < 1.29 is 9.66 Å². The molecule has 8 nitrogen and oxygen atoms in total. The van der Waals surface area contributed by atoms with Gasteiger partial charge in [-0.2, -0.15) is 0 Å². The van der Waals surface area contributed by atoms with E-state index >= 15 is 0 Å². The Bertz CT molecular complexity index is 875. The first-order valence-corrected chi connectivity index (χ1v) is 6.69. The molecule has 3 aromatic rings. The fourth-order valence-corrected chi connectivity index (χ4v) is 2.06. The molecule has 1 aromatic carbocycles. The maximum Gasteiger partial charge on any atom is 0.292 e. The van der Waals surface area contributed by atoms with E-state index in [2.05, 4.69) is 9.97 Å². The van der Waals surface area contributed by atoms with Gasteiger partial charge in [-0.1, -0.05) is 0 Å². The van der Waals surface area contributed by atoms with Crippen molar-refractivity contribution in [1.29, 1.82) is 0 Å². The summed E-state index contributed by atoms with van der Waals surface area (Å²) in [5, 5.41) is 10.8. The van der Waals surface area contributed by atoms with Gasteiger partial charge in [-0.15, -0.1) is 0 Å². The molecule has 2 heterocycles. The van der Waals surface area contributed by atoms with Gasteiger partial charge in [0.1, 0.15) is 22.9 Å². The number of imidazole rings is 1. The Morgan fingerprint density at radius 2 is 1.96 bits per heavy atom. The maximum atomic E-state index is 10.8. The first-order chi connectivity index (χ1) is 11.0. The van der Waals surface area contributed by atoms with Crippen LogP contribution in [0.4, 0.5) is 11.4 Å². The lowest BCUT2D eigenvalue weighted by Gasteiger charge is -2.07. The standard InChI is InChI=1S/C15H13N5O3/c1-19-8-14(18-9-19)13-7-11(4-5-17-13)23-10-2-3-15(20(21)22)12(16)6-10/h2-9H,16H2,1H3. The summed E-state index contributed by atoms with van der Waals surface area (Å²) in [6.45, 7) is 0. The predicted octanol–water partition coefficient (Wildman–Crippen LogP) is 2.76. The molecular weight excluding hydrogens is 298 g/mol. The highest BCUT2D eigenvalue weighted by atomic mass is 16.6.